The summed E-state index contributed by atoms with van der Waals surface area (Å²) in [5.74, 6) is -1.60. The van der Waals surface area contributed by atoms with Crippen molar-refractivity contribution in [2.45, 2.75) is 116 Å². The topological polar surface area (TPSA) is 362 Å². The average Bonchev–Trinajstić information content (AvgIpc) is 1.65. The Balaban J connectivity index is 0.000000175. The van der Waals surface area contributed by atoms with Gasteiger partial charge in [0, 0.05) is 55.2 Å². The molecule has 2 amide bonds. The van der Waals surface area contributed by atoms with Gasteiger partial charge in [-0.25, -0.2) is 45.3 Å². The number of methoxy groups -OCH3 is 2. The summed E-state index contributed by atoms with van der Waals surface area (Å²) < 4.78 is 81.9. The number of aromatic amines is 1. The molecule has 0 fully saturated rings. The Hall–Kier alpha value is -10.9. The molecule has 3 aliphatic heterocycles. The van der Waals surface area contributed by atoms with Crippen molar-refractivity contribution in [2.24, 2.45) is 22.8 Å². The van der Waals surface area contributed by atoms with Gasteiger partial charge in [0.1, 0.15) is 28.5 Å². The van der Waals surface area contributed by atoms with Crippen LogP contribution in [0.25, 0.3) is 11.1 Å². The number of aryl methyl sites for hydroxylation is 5. The number of sulfone groups is 1. The first kappa shape index (κ1) is 77.8. The maximum absolute atomic E-state index is 13.5. The number of nitrogens with one attached hydrogen (secondary N) is 2. The number of nitrogens with zero attached hydrogens (tertiary/aromatic N) is 9. The molecule has 0 spiro atoms. The van der Waals surface area contributed by atoms with Gasteiger partial charge in [-0.3, -0.25) is 28.8 Å². The van der Waals surface area contributed by atoms with E-state index in [0.717, 1.165) is 58.9 Å². The monoisotopic (exact) mass is 1450 g/mol. The zero-order valence-electron chi connectivity index (χ0n) is 59.7. The van der Waals surface area contributed by atoms with Crippen LogP contribution < -0.4 is 30.2 Å². The molecule has 103 heavy (non-hydrogen) atoms. The number of anilines is 1. The zero-order valence-corrected chi connectivity index (χ0v) is 61.4. The molecule has 5 aromatic carbocycles. The highest BCUT2D eigenvalue weighted by Crippen LogP contribution is 2.42. The van der Waals surface area contributed by atoms with Crippen LogP contribution in [0.2, 0.25) is 0 Å². The van der Waals surface area contributed by atoms with Crippen molar-refractivity contribution in [1.82, 2.24) is 38.8 Å². The predicted octanol–water partition coefficient (Wildman–Crippen LogP) is 8.29. The molecular formula is C72H83N11O18S2. The number of H-pyrrole nitrogens is 1. The third-order valence-electron chi connectivity index (χ3n) is 16.5. The maximum Gasteiger partial charge on any atom is 0.356 e. The van der Waals surface area contributed by atoms with Gasteiger partial charge in [-0.1, -0.05) is 115 Å². The van der Waals surface area contributed by atoms with E-state index in [9.17, 15) is 50.4 Å². The van der Waals surface area contributed by atoms with Gasteiger partial charge >= 0.3 is 29.9 Å². The van der Waals surface area contributed by atoms with Crippen molar-refractivity contribution < 1.29 is 74.2 Å². The lowest BCUT2D eigenvalue weighted by atomic mass is 9.82. The Kier molecular flexibility index (Phi) is 25.1. The minimum absolute atomic E-state index is 0.00623. The molecule has 0 unspecified atom stereocenters. The summed E-state index contributed by atoms with van der Waals surface area (Å²) in [5, 5.41) is 10.6. The van der Waals surface area contributed by atoms with E-state index in [1.807, 2.05) is 86.2 Å². The molecule has 3 aromatic heterocycles. The number of rotatable bonds is 17. The van der Waals surface area contributed by atoms with E-state index in [1.165, 1.54) is 74.0 Å². The minimum atomic E-state index is -4.37. The molecule has 0 aliphatic carbocycles. The van der Waals surface area contributed by atoms with Crippen LogP contribution in [0.15, 0.2) is 145 Å². The summed E-state index contributed by atoms with van der Waals surface area (Å²) in [6.45, 7) is 19.2. The second-order valence-electron chi connectivity index (χ2n) is 24.7. The number of ketones is 1. The molecule has 0 bridgehead atoms. The first-order chi connectivity index (χ1) is 48.8. The van der Waals surface area contributed by atoms with E-state index in [4.69, 9.17) is 28.6 Å². The Bertz CT molecular complexity index is 4860. The molecule has 546 valence electrons. The summed E-state index contributed by atoms with van der Waals surface area (Å²) in [5.41, 5.74) is 6.36. The number of aromatic nitrogens is 7. The van der Waals surface area contributed by atoms with E-state index in [0.29, 0.717) is 86.4 Å². The van der Waals surface area contributed by atoms with Crippen LogP contribution in [0.3, 0.4) is 0 Å². The molecule has 8 aromatic rings. The Morgan fingerprint density at radius 3 is 1.86 bits per heavy atom. The lowest BCUT2D eigenvalue weighted by Crippen LogP contribution is -2.42. The molecule has 0 saturated carbocycles. The number of carbonyl (C=O) groups excluding carboxylic acids is 5. The summed E-state index contributed by atoms with van der Waals surface area (Å²) >= 11 is 0. The van der Waals surface area contributed by atoms with Gasteiger partial charge in [-0.2, -0.15) is 15.0 Å². The number of urea groups is 1. The standard InChI is InChI=1S/C23H32N2O4.C18H17NO3.C16H17N3O5S.C15H17N5O6S/c1-7-16-13-15(3)14-17(8-2)18(16)19-20(26)24-9-11-28-12-10-25(24)21(19)29-22(27)23(4,5)6;1-2-21-17(20)16-13-18(22-19-16,14-9-5-3-6-10-14)15-11-7-4-8-12-15;1-9-10(15(20)11-8-17-19(2)16(11)21)4-5-13(25(3,22)23)14(9)12-6-7-24-18-12;1-9-16-13(18-14(17-9)26-4)20(2)15(22)19-27(23,24)11-8-6-5-7-10(11)12(21)25-3/h13-14H,7-12H2,1-6H3;3-12H,2,13H2,1H3;4-5,8,17H,6-7H2,1-3H3;5-8H,1-4H3,(H,19,22). The Morgan fingerprint density at radius 2 is 1.32 bits per heavy atom. The van der Waals surface area contributed by atoms with Crippen LogP contribution in [0.4, 0.5) is 10.7 Å². The Morgan fingerprint density at radius 1 is 0.709 bits per heavy atom. The van der Waals surface area contributed by atoms with Crippen molar-refractivity contribution in [1.29, 1.82) is 0 Å². The summed E-state index contributed by atoms with van der Waals surface area (Å²) in [6, 6.07) is 31.0. The second-order valence-corrected chi connectivity index (χ2v) is 28.4. The first-order valence-corrected chi connectivity index (χ1v) is 36.1. The van der Waals surface area contributed by atoms with Crippen LogP contribution in [-0.2, 0) is 91.9 Å². The maximum atomic E-state index is 13.5. The first-order valence-electron chi connectivity index (χ1n) is 32.7. The van der Waals surface area contributed by atoms with Crippen molar-refractivity contribution in [3.8, 4) is 23.0 Å². The quantitative estimate of drug-likeness (QED) is 0.0639. The number of fused-ring (bicyclic) bond motifs is 1. The van der Waals surface area contributed by atoms with Gasteiger partial charge in [-0.15, -0.1) is 0 Å². The molecular weight excluding hydrogens is 1370 g/mol. The molecule has 6 heterocycles. The summed E-state index contributed by atoms with van der Waals surface area (Å²) in [6.07, 6.45) is 4.84. The summed E-state index contributed by atoms with van der Waals surface area (Å²) in [7, 11) is -2.66. The highest BCUT2D eigenvalue weighted by Gasteiger charge is 2.45. The number of sulfonamides is 1. The minimum Gasteiger partial charge on any atom is -0.467 e. The lowest BCUT2D eigenvalue weighted by molar-refractivity contribution is -0.143. The molecule has 2 N–H and O–H groups in total. The number of oxime groups is 2. The van der Waals surface area contributed by atoms with E-state index in [-0.39, 0.29) is 50.9 Å². The lowest BCUT2D eigenvalue weighted by Gasteiger charge is -2.27. The van der Waals surface area contributed by atoms with Crippen molar-refractivity contribution in [3.05, 3.63) is 198 Å². The van der Waals surface area contributed by atoms with Crippen LogP contribution >= 0.6 is 0 Å². The predicted molar refractivity (Wildman–Crippen MR) is 381 cm³/mol. The van der Waals surface area contributed by atoms with Crippen LogP contribution in [0.5, 0.6) is 11.9 Å². The number of amides is 2. The number of esters is 3. The number of carbonyl (C=O) groups is 5. The van der Waals surface area contributed by atoms with E-state index < -0.39 is 65.1 Å². The van der Waals surface area contributed by atoms with Gasteiger partial charge in [0.2, 0.25) is 11.8 Å². The SMILES string of the molecule is CCOC(=O)C1=NOC(c2ccccc2)(c2ccccc2)C1.CCc1cc(C)cc(CC)c1-c1c(OC(=O)C(C)(C)C)n2n(c1=O)CCOCC2.COC(=O)c1ccccc1S(=O)(=O)NC(=O)N(C)c1nc(C)nc(OC)n1.Cc1c(C(=O)c2c[nH]n(C)c2=O)ccc(S(C)(=O)=O)c1C1=NOCC1. The van der Waals surface area contributed by atoms with Gasteiger partial charge in [0.25, 0.3) is 21.1 Å². The van der Waals surface area contributed by atoms with Crippen molar-refractivity contribution >= 4 is 67.0 Å². The smallest absolute Gasteiger partial charge is 0.356 e. The fourth-order valence-corrected chi connectivity index (χ4v) is 13.4. The number of hydrogen-bond donors (Lipinski definition) is 2. The molecule has 29 nitrogen and oxygen atoms in total. The third kappa shape index (κ3) is 17.7. The number of hydrogen-bond acceptors (Lipinski definition) is 23. The fourth-order valence-electron chi connectivity index (χ4n) is 11.3. The van der Waals surface area contributed by atoms with Crippen LogP contribution in [0, 0.1) is 26.2 Å². The van der Waals surface area contributed by atoms with Crippen LogP contribution in [0.1, 0.15) is 125 Å². The average molecular weight is 1450 g/mol. The summed E-state index contributed by atoms with van der Waals surface area (Å²) in [4.78, 5) is 110. The Labute approximate surface area is 595 Å². The third-order valence-corrected chi connectivity index (χ3v) is 19.0. The largest absolute Gasteiger partial charge is 0.467 e. The van der Waals surface area contributed by atoms with Crippen LogP contribution in [-0.4, -0.2) is 146 Å². The van der Waals surface area contributed by atoms with Crippen molar-refractivity contribution in [2.75, 3.05) is 58.9 Å². The fraction of sp³-hybridized carbons (Fsp3) is 0.361. The highest BCUT2D eigenvalue weighted by molar-refractivity contribution is 7.91. The second kappa shape index (κ2) is 33.3. The van der Waals surface area contributed by atoms with E-state index in [1.54, 1.807) is 30.1 Å². The zero-order chi connectivity index (χ0) is 75.3. The van der Waals surface area contributed by atoms with Gasteiger partial charge < -0.3 is 38.5 Å². The molecule has 11 rings (SSSR count). The van der Waals surface area contributed by atoms with Gasteiger partial charge in [0.05, 0.1) is 75.1 Å². The molecule has 31 heteroatoms. The highest BCUT2D eigenvalue weighted by atomic mass is 32.2. The number of benzene rings is 5. The number of ether oxygens (including phenoxy) is 5. The molecule has 3 aliphatic rings. The van der Waals surface area contributed by atoms with Gasteiger partial charge in [-0.05, 0) is 108 Å². The molecule has 0 saturated heterocycles. The molecule has 0 radical (unpaired) electrons. The van der Waals surface area contributed by atoms with E-state index >= 15 is 0 Å². The van der Waals surface area contributed by atoms with Crippen molar-refractivity contribution in [3.63, 3.8) is 0 Å². The van der Waals surface area contributed by atoms with Gasteiger partial charge in [0.15, 0.2) is 26.9 Å². The molecule has 0 atom stereocenters. The normalized spacial score (nSPS) is 13.7. The van der Waals surface area contributed by atoms with E-state index in [2.05, 4.69) is 68.0 Å².